The summed E-state index contributed by atoms with van der Waals surface area (Å²) in [7, 11) is 0. The van der Waals surface area contributed by atoms with E-state index in [1.807, 2.05) is 0 Å². The van der Waals surface area contributed by atoms with Crippen molar-refractivity contribution >= 4 is 5.91 Å². The van der Waals surface area contributed by atoms with Crippen molar-refractivity contribution in [2.75, 3.05) is 26.2 Å². The Morgan fingerprint density at radius 2 is 1.76 bits per heavy atom. The van der Waals surface area contributed by atoms with Gasteiger partial charge in [0.1, 0.15) is 0 Å². The van der Waals surface area contributed by atoms with Gasteiger partial charge < -0.3 is 4.90 Å². The number of carbonyl (C=O) groups is 1. The largest absolute Gasteiger partial charge is 0.342 e. The van der Waals surface area contributed by atoms with Gasteiger partial charge >= 0.3 is 0 Å². The van der Waals surface area contributed by atoms with Crippen LogP contribution in [0.4, 0.5) is 0 Å². The quantitative estimate of drug-likeness (QED) is 0.853. The van der Waals surface area contributed by atoms with Crippen molar-refractivity contribution in [2.45, 2.75) is 39.2 Å². The van der Waals surface area contributed by atoms with Gasteiger partial charge in [-0.2, -0.15) is 0 Å². The molecule has 114 valence electrons. The van der Waals surface area contributed by atoms with E-state index in [0.29, 0.717) is 5.91 Å². The van der Waals surface area contributed by atoms with E-state index in [2.05, 4.69) is 41.0 Å². The maximum atomic E-state index is 12.4. The molecule has 1 aromatic carbocycles. The molecule has 0 saturated carbocycles. The Labute approximate surface area is 127 Å². The average Bonchev–Trinajstić information content (AvgIpc) is 3.04. The number of rotatable bonds is 3. The predicted octanol–water partition coefficient (Wildman–Crippen LogP) is 2.83. The molecule has 0 atom stereocenters. The van der Waals surface area contributed by atoms with Crippen LogP contribution < -0.4 is 0 Å². The van der Waals surface area contributed by atoms with Crippen LogP contribution in [-0.4, -0.2) is 41.9 Å². The SMILES string of the molecule is Cc1ccccc1CN1CCC(C(=O)N2CCCC2)CC1. The molecule has 0 bridgehead atoms. The van der Waals surface area contributed by atoms with Crippen LogP contribution in [0.1, 0.15) is 36.8 Å². The van der Waals surface area contributed by atoms with Gasteiger partial charge in [-0.05, 0) is 56.8 Å². The van der Waals surface area contributed by atoms with Crippen LogP contribution in [0, 0.1) is 12.8 Å². The Morgan fingerprint density at radius 1 is 1.10 bits per heavy atom. The minimum atomic E-state index is 0.274. The van der Waals surface area contributed by atoms with Gasteiger partial charge in [-0.15, -0.1) is 0 Å². The molecule has 3 rings (SSSR count). The first-order valence-electron chi connectivity index (χ1n) is 8.29. The number of hydrogen-bond acceptors (Lipinski definition) is 2. The van der Waals surface area contributed by atoms with E-state index in [0.717, 1.165) is 45.6 Å². The third-order valence-electron chi connectivity index (χ3n) is 5.01. The molecule has 3 nitrogen and oxygen atoms in total. The standard InChI is InChI=1S/C18H26N2O/c1-15-6-2-3-7-17(15)14-19-12-8-16(9-13-19)18(21)20-10-4-5-11-20/h2-3,6-7,16H,4-5,8-14H2,1H3. The molecule has 0 spiro atoms. The zero-order chi connectivity index (χ0) is 14.7. The highest BCUT2D eigenvalue weighted by Crippen LogP contribution is 2.23. The lowest BCUT2D eigenvalue weighted by atomic mass is 9.94. The molecule has 2 fully saturated rings. The Kier molecular flexibility index (Phi) is 4.59. The van der Waals surface area contributed by atoms with E-state index >= 15 is 0 Å². The van der Waals surface area contributed by atoms with E-state index in [1.54, 1.807) is 0 Å². The van der Waals surface area contributed by atoms with E-state index in [4.69, 9.17) is 0 Å². The zero-order valence-corrected chi connectivity index (χ0v) is 13.1. The van der Waals surface area contributed by atoms with Gasteiger partial charge in [-0.1, -0.05) is 24.3 Å². The van der Waals surface area contributed by atoms with Crippen molar-refractivity contribution in [3.8, 4) is 0 Å². The molecule has 0 unspecified atom stereocenters. The van der Waals surface area contributed by atoms with Gasteiger partial charge in [-0.25, -0.2) is 0 Å². The van der Waals surface area contributed by atoms with Crippen molar-refractivity contribution in [1.29, 1.82) is 0 Å². The van der Waals surface area contributed by atoms with Crippen LogP contribution in [0.3, 0.4) is 0 Å². The molecule has 0 aromatic heterocycles. The summed E-state index contributed by atoms with van der Waals surface area (Å²) in [5.41, 5.74) is 2.79. The van der Waals surface area contributed by atoms with Crippen molar-refractivity contribution in [2.24, 2.45) is 5.92 Å². The summed E-state index contributed by atoms with van der Waals surface area (Å²) in [5, 5.41) is 0. The van der Waals surface area contributed by atoms with Crippen LogP contribution in [0.25, 0.3) is 0 Å². The maximum absolute atomic E-state index is 12.4. The number of amides is 1. The Balaban J connectivity index is 1.51. The molecule has 3 heteroatoms. The summed E-state index contributed by atoms with van der Waals surface area (Å²) in [6.45, 7) is 7.29. The van der Waals surface area contributed by atoms with Crippen molar-refractivity contribution in [1.82, 2.24) is 9.80 Å². The predicted molar refractivity (Wildman–Crippen MR) is 85.0 cm³/mol. The second-order valence-electron chi connectivity index (χ2n) is 6.51. The third-order valence-corrected chi connectivity index (χ3v) is 5.01. The number of piperidine rings is 1. The lowest BCUT2D eigenvalue weighted by molar-refractivity contribution is -0.136. The summed E-state index contributed by atoms with van der Waals surface area (Å²) in [6, 6.07) is 8.61. The van der Waals surface area contributed by atoms with Crippen LogP contribution >= 0.6 is 0 Å². The average molecular weight is 286 g/mol. The molecule has 0 aliphatic carbocycles. The first-order chi connectivity index (χ1) is 10.2. The number of aryl methyl sites for hydroxylation is 1. The van der Waals surface area contributed by atoms with Crippen LogP contribution in [0.5, 0.6) is 0 Å². The second kappa shape index (κ2) is 6.61. The lowest BCUT2D eigenvalue weighted by Gasteiger charge is -2.33. The number of hydrogen-bond donors (Lipinski definition) is 0. The maximum Gasteiger partial charge on any atom is 0.225 e. The topological polar surface area (TPSA) is 23.6 Å². The van der Waals surface area contributed by atoms with Gasteiger partial charge in [0.05, 0.1) is 0 Å². The smallest absolute Gasteiger partial charge is 0.225 e. The highest BCUT2D eigenvalue weighted by atomic mass is 16.2. The van der Waals surface area contributed by atoms with Gasteiger partial charge in [0.25, 0.3) is 0 Å². The fraction of sp³-hybridized carbons (Fsp3) is 0.611. The van der Waals surface area contributed by atoms with E-state index in [9.17, 15) is 4.79 Å². The van der Waals surface area contributed by atoms with Gasteiger partial charge in [-0.3, -0.25) is 9.69 Å². The van der Waals surface area contributed by atoms with Crippen LogP contribution in [-0.2, 0) is 11.3 Å². The van der Waals surface area contributed by atoms with Crippen LogP contribution in [0.15, 0.2) is 24.3 Å². The molecule has 2 aliphatic heterocycles. The number of benzene rings is 1. The summed E-state index contributed by atoms with van der Waals surface area (Å²) >= 11 is 0. The van der Waals surface area contributed by atoms with Gasteiger partial charge in [0, 0.05) is 25.6 Å². The summed E-state index contributed by atoms with van der Waals surface area (Å²) in [4.78, 5) is 17.0. The van der Waals surface area contributed by atoms with Gasteiger partial charge in [0.2, 0.25) is 5.91 Å². The number of likely N-dealkylation sites (tertiary alicyclic amines) is 2. The molecule has 1 amide bonds. The first-order valence-corrected chi connectivity index (χ1v) is 8.29. The van der Waals surface area contributed by atoms with Crippen molar-refractivity contribution in [3.05, 3.63) is 35.4 Å². The zero-order valence-electron chi connectivity index (χ0n) is 13.1. The van der Waals surface area contributed by atoms with E-state index < -0.39 is 0 Å². The van der Waals surface area contributed by atoms with E-state index in [-0.39, 0.29) is 5.92 Å². The van der Waals surface area contributed by atoms with Crippen molar-refractivity contribution < 1.29 is 4.79 Å². The van der Waals surface area contributed by atoms with Crippen molar-refractivity contribution in [3.63, 3.8) is 0 Å². The monoisotopic (exact) mass is 286 g/mol. The Bertz CT molecular complexity index is 486. The molecule has 2 aliphatic rings. The highest BCUT2D eigenvalue weighted by molar-refractivity contribution is 5.79. The molecule has 0 N–H and O–H groups in total. The minimum Gasteiger partial charge on any atom is -0.342 e. The molecule has 2 saturated heterocycles. The molecule has 1 aromatic rings. The number of carbonyl (C=O) groups excluding carboxylic acids is 1. The molecule has 0 radical (unpaired) electrons. The second-order valence-corrected chi connectivity index (χ2v) is 6.51. The fourth-order valence-electron chi connectivity index (χ4n) is 3.56. The number of nitrogens with zero attached hydrogens (tertiary/aromatic N) is 2. The highest BCUT2D eigenvalue weighted by Gasteiger charge is 2.29. The van der Waals surface area contributed by atoms with Crippen LogP contribution in [0.2, 0.25) is 0 Å². The molecule has 21 heavy (non-hydrogen) atoms. The molecular formula is C18H26N2O. The lowest BCUT2D eigenvalue weighted by Crippen LogP contribution is -2.41. The summed E-state index contributed by atoms with van der Waals surface area (Å²) in [5.74, 6) is 0.694. The van der Waals surface area contributed by atoms with E-state index in [1.165, 1.54) is 24.0 Å². The summed E-state index contributed by atoms with van der Waals surface area (Å²) < 4.78 is 0. The third kappa shape index (κ3) is 3.46. The Hall–Kier alpha value is -1.35. The fourth-order valence-corrected chi connectivity index (χ4v) is 3.56. The summed E-state index contributed by atoms with van der Waals surface area (Å²) in [6.07, 6.45) is 4.44. The minimum absolute atomic E-state index is 0.274. The molecular weight excluding hydrogens is 260 g/mol. The first kappa shape index (κ1) is 14.6. The van der Waals surface area contributed by atoms with Gasteiger partial charge in [0.15, 0.2) is 0 Å². The molecule has 2 heterocycles. The normalized spacial score (nSPS) is 20.9. The Morgan fingerprint density at radius 3 is 2.43 bits per heavy atom.